The summed E-state index contributed by atoms with van der Waals surface area (Å²) >= 11 is 6.90. The third-order valence-electron chi connectivity index (χ3n) is 2.85. The molecule has 0 atom stereocenters. The highest BCUT2D eigenvalue weighted by Gasteiger charge is 2.16. The van der Waals surface area contributed by atoms with Crippen LogP contribution < -0.4 is 10.5 Å². The van der Waals surface area contributed by atoms with Gasteiger partial charge in [0, 0.05) is 4.47 Å². The first-order valence-electron chi connectivity index (χ1n) is 6.10. The summed E-state index contributed by atoms with van der Waals surface area (Å²) in [5.74, 6) is 1.95. The summed E-state index contributed by atoms with van der Waals surface area (Å²) in [6.07, 6.45) is 0. The Morgan fingerprint density at radius 2 is 1.90 bits per heavy atom. The van der Waals surface area contributed by atoms with Crippen LogP contribution in [0.5, 0.6) is 5.75 Å². The number of rotatable bonds is 3. The molecule has 6 heteroatoms. The van der Waals surface area contributed by atoms with Gasteiger partial charge >= 0.3 is 0 Å². The summed E-state index contributed by atoms with van der Waals surface area (Å²) < 4.78 is 7.06. The van der Waals surface area contributed by atoms with Gasteiger partial charge < -0.3 is 10.5 Å². The van der Waals surface area contributed by atoms with Gasteiger partial charge in [0.25, 0.3) is 0 Å². The minimum atomic E-state index is 0.242. The molecule has 1 aromatic heterocycles. The van der Waals surface area contributed by atoms with E-state index in [-0.39, 0.29) is 5.92 Å². The van der Waals surface area contributed by atoms with E-state index in [0.717, 1.165) is 20.2 Å². The molecule has 0 spiro atoms. The number of halogens is 2. The minimum absolute atomic E-state index is 0.242. The molecule has 0 unspecified atom stereocenters. The summed E-state index contributed by atoms with van der Waals surface area (Å²) in [5, 5.41) is 0. The van der Waals surface area contributed by atoms with Crippen LogP contribution in [0.1, 0.15) is 25.5 Å². The number of anilines is 1. The molecule has 0 saturated heterocycles. The van der Waals surface area contributed by atoms with Crippen molar-refractivity contribution < 1.29 is 4.74 Å². The van der Waals surface area contributed by atoms with E-state index in [1.54, 1.807) is 7.11 Å². The highest BCUT2D eigenvalue weighted by atomic mass is 79.9. The van der Waals surface area contributed by atoms with E-state index in [1.165, 1.54) is 0 Å². The predicted octanol–water partition coefficient (Wildman–Crippen LogP) is 4.38. The van der Waals surface area contributed by atoms with E-state index in [1.807, 2.05) is 18.2 Å². The number of methoxy groups -OCH3 is 1. The van der Waals surface area contributed by atoms with E-state index in [2.05, 4.69) is 55.7 Å². The van der Waals surface area contributed by atoms with Crippen molar-refractivity contribution in [1.82, 2.24) is 9.97 Å². The highest BCUT2D eigenvalue weighted by Crippen LogP contribution is 2.34. The van der Waals surface area contributed by atoms with Gasteiger partial charge in [0.2, 0.25) is 0 Å². The van der Waals surface area contributed by atoms with Crippen molar-refractivity contribution in [1.29, 1.82) is 0 Å². The number of nitrogens with zero attached hydrogens (tertiary/aromatic N) is 2. The van der Waals surface area contributed by atoms with Gasteiger partial charge in [0.15, 0.2) is 5.82 Å². The molecule has 106 valence electrons. The molecule has 0 amide bonds. The summed E-state index contributed by atoms with van der Waals surface area (Å²) in [6.45, 7) is 4.13. The topological polar surface area (TPSA) is 61.0 Å². The van der Waals surface area contributed by atoms with Crippen LogP contribution in [0.2, 0.25) is 0 Å². The van der Waals surface area contributed by atoms with Crippen LogP contribution in [-0.4, -0.2) is 17.1 Å². The normalized spacial score (nSPS) is 10.9. The lowest BCUT2D eigenvalue weighted by molar-refractivity contribution is 0.416. The van der Waals surface area contributed by atoms with Crippen molar-refractivity contribution in [2.24, 2.45) is 0 Å². The molecule has 0 aliphatic rings. The quantitative estimate of drug-likeness (QED) is 0.830. The Morgan fingerprint density at radius 1 is 1.20 bits per heavy atom. The van der Waals surface area contributed by atoms with Gasteiger partial charge in [0.1, 0.15) is 11.6 Å². The number of nitrogens with two attached hydrogens (primary N) is 1. The molecule has 0 saturated carbocycles. The van der Waals surface area contributed by atoms with Gasteiger partial charge in [-0.3, -0.25) is 0 Å². The van der Waals surface area contributed by atoms with Gasteiger partial charge in [-0.2, -0.15) is 0 Å². The molecule has 0 bridgehead atoms. The average Bonchev–Trinajstić information content (AvgIpc) is 2.41. The molecular weight excluding hydrogens is 386 g/mol. The molecule has 2 N–H and O–H groups in total. The lowest BCUT2D eigenvalue weighted by Crippen LogP contribution is -2.05. The van der Waals surface area contributed by atoms with Gasteiger partial charge in [-0.1, -0.05) is 29.8 Å². The number of hydrogen-bond acceptors (Lipinski definition) is 4. The molecule has 4 nitrogen and oxygen atoms in total. The van der Waals surface area contributed by atoms with Gasteiger partial charge in [-0.15, -0.1) is 0 Å². The summed E-state index contributed by atoms with van der Waals surface area (Å²) in [6, 6.07) is 5.70. The molecule has 0 aliphatic carbocycles. The van der Waals surface area contributed by atoms with Crippen molar-refractivity contribution in [3.63, 3.8) is 0 Å². The van der Waals surface area contributed by atoms with Gasteiger partial charge in [-0.25, -0.2) is 9.97 Å². The number of ether oxygens (including phenoxy) is 1. The zero-order chi connectivity index (χ0) is 14.9. The number of hydrogen-bond donors (Lipinski definition) is 1. The molecule has 1 aromatic carbocycles. The third-order valence-corrected chi connectivity index (χ3v) is 4.16. The van der Waals surface area contributed by atoms with Crippen molar-refractivity contribution in [3.05, 3.63) is 32.8 Å². The Kier molecular flexibility index (Phi) is 4.65. The van der Waals surface area contributed by atoms with Crippen molar-refractivity contribution in [2.45, 2.75) is 19.8 Å². The van der Waals surface area contributed by atoms with E-state index in [9.17, 15) is 0 Å². The summed E-state index contributed by atoms with van der Waals surface area (Å²) in [5.41, 5.74) is 7.67. The molecule has 20 heavy (non-hydrogen) atoms. The smallest absolute Gasteiger partial charge is 0.165 e. The van der Waals surface area contributed by atoms with Crippen LogP contribution in [0.4, 0.5) is 5.82 Å². The number of aromatic nitrogens is 2. The average molecular weight is 401 g/mol. The fourth-order valence-corrected chi connectivity index (χ4v) is 2.84. The van der Waals surface area contributed by atoms with Gasteiger partial charge in [0.05, 0.1) is 22.8 Å². The van der Waals surface area contributed by atoms with E-state index >= 15 is 0 Å². The second kappa shape index (κ2) is 6.10. The molecule has 0 aliphatic heterocycles. The second-order valence-electron chi connectivity index (χ2n) is 4.63. The van der Waals surface area contributed by atoms with Crippen molar-refractivity contribution in [3.8, 4) is 17.1 Å². The standard InChI is InChI=1S/C14H15Br2N3O/c1-7(2)12-11(16)13(17)19-14(18-12)9-6-8(15)4-5-10(9)20-3/h4-7H,1-3H3,(H2,17,18,19). The van der Waals surface area contributed by atoms with Crippen molar-refractivity contribution >= 4 is 37.7 Å². The van der Waals surface area contributed by atoms with E-state index in [4.69, 9.17) is 10.5 Å². The lowest BCUT2D eigenvalue weighted by Gasteiger charge is -2.13. The first-order chi connectivity index (χ1) is 9.43. The van der Waals surface area contributed by atoms with Crippen molar-refractivity contribution in [2.75, 3.05) is 12.8 Å². The molecule has 2 rings (SSSR count). The maximum Gasteiger partial charge on any atom is 0.165 e. The maximum atomic E-state index is 5.98. The Labute approximate surface area is 135 Å². The minimum Gasteiger partial charge on any atom is -0.496 e. The first-order valence-corrected chi connectivity index (χ1v) is 7.69. The number of nitrogen functional groups attached to an aromatic ring is 1. The predicted molar refractivity (Wildman–Crippen MR) is 87.9 cm³/mol. The van der Waals surface area contributed by atoms with E-state index in [0.29, 0.717) is 17.4 Å². The fourth-order valence-electron chi connectivity index (χ4n) is 1.84. The van der Waals surface area contributed by atoms with Gasteiger partial charge in [-0.05, 0) is 40.0 Å². The largest absolute Gasteiger partial charge is 0.496 e. The summed E-state index contributed by atoms with van der Waals surface area (Å²) in [4.78, 5) is 8.97. The Hall–Kier alpha value is -1.14. The molecule has 0 radical (unpaired) electrons. The maximum absolute atomic E-state index is 5.98. The van der Waals surface area contributed by atoms with Crippen LogP contribution in [0.25, 0.3) is 11.4 Å². The second-order valence-corrected chi connectivity index (χ2v) is 6.34. The molecule has 1 heterocycles. The highest BCUT2D eigenvalue weighted by molar-refractivity contribution is 9.11. The molecule has 0 fully saturated rings. The number of benzene rings is 1. The zero-order valence-electron chi connectivity index (χ0n) is 11.4. The Morgan fingerprint density at radius 3 is 2.50 bits per heavy atom. The van der Waals surface area contributed by atoms with E-state index < -0.39 is 0 Å². The Balaban J connectivity index is 2.67. The van der Waals surface area contributed by atoms with Crippen LogP contribution in [0.3, 0.4) is 0 Å². The third kappa shape index (κ3) is 2.96. The Bertz CT molecular complexity index is 645. The van der Waals surface area contributed by atoms with Crippen LogP contribution in [0, 0.1) is 0 Å². The fraction of sp³-hybridized carbons (Fsp3) is 0.286. The van der Waals surface area contributed by atoms with Crippen LogP contribution in [-0.2, 0) is 0 Å². The lowest BCUT2D eigenvalue weighted by atomic mass is 10.1. The zero-order valence-corrected chi connectivity index (χ0v) is 14.6. The SMILES string of the molecule is COc1ccc(Br)cc1-c1nc(N)c(Br)c(C(C)C)n1. The van der Waals surface area contributed by atoms with Crippen LogP contribution in [0.15, 0.2) is 27.1 Å². The first kappa shape index (κ1) is 15.3. The molecular formula is C14H15Br2N3O. The molecule has 2 aromatic rings. The summed E-state index contributed by atoms with van der Waals surface area (Å²) in [7, 11) is 1.62. The monoisotopic (exact) mass is 399 g/mol. The van der Waals surface area contributed by atoms with Crippen LogP contribution >= 0.6 is 31.9 Å².